The quantitative estimate of drug-likeness (QED) is 0.281. The number of aliphatic imine (C=N–C) groups is 1. The third-order valence-electron chi connectivity index (χ3n) is 4.76. The van der Waals surface area contributed by atoms with Crippen molar-refractivity contribution in [3.8, 4) is 0 Å². The molecule has 0 aliphatic carbocycles. The second kappa shape index (κ2) is 14.8. The summed E-state index contributed by atoms with van der Waals surface area (Å²) >= 11 is 0. The first-order valence-electron chi connectivity index (χ1n) is 10.8. The fourth-order valence-electron chi connectivity index (χ4n) is 3.08. The molecular weight excluding hydrogens is 368 g/mol. The Hall–Kier alpha value is -2.12. The van der Waals surface area contributed by atoms with Crippen LogP contribution in [0.25, 0.3) is 0 Å². The molecular formula is C22H36N4O3. The van der Waals surface area contributed by atoms with E-state index in [4.69, 9.17) is 9.47 Å². The van der Waals surface area contributed by atoms with Gasteiger partial charge in [0.15, 0.2) is 5.96 Å². The molecule has 0 saturated carbocycles. The summed E-state index contributed by atoms with van der Waals surface area (Å²) in [5, 5.41) is 9.34. The second-order valence-electron chi connectivity index (χ2n) is 7.19. The van der Waals surface area contributed by atoms with Gasteiger partial charge in [-0.05, 0) is 44.1 Å². The molecule has 0 aromatic heterocycles. The van der Waals surface area contributed by atoms with Crippen molar-refractivity contribution >= 4 is 11.9 Å². The molecule has 1 saturated heterocycles. The Morgan fingerprint density at radius 3 is 2.69 bits per heavy atom. The van der Waals surface area contributed by atoms with Gasteiger partial charge in [0.1, 0.15) is 6.54 Å². The topological polar surface area (TPSA) is 84.0 Å². The number of guanidine groups is 1. The zero-order valence-corrected chi connectivity index (χ0v) is 17.6. The maximum atomic E-state index is 12.0. The maximum absolute atomic E-state index is 12.0. The van der Waals surface area contributed by atoms with E-state index in [1.165, 1.54) is 5.56 Å². The molecule has 0 radical (unpaired) electrons. The number of ether oxygens (including phenoxy) is 2. The normalized spacial score (nSPS) is 15.1. The van der Waals surface area contributed by atoms with Gasteiger partial charge in [0, 0.05) is 46.1 Å². The predicted octanol–water partition coefficient (Wildman–Crippen LogP) is 1.73. The van der Waals surface area contributed by atoms with E-state index < -0.39 is 0 Å². The molecule has 0 spiro atoms. The van der Waals surface area contributed by atoms with E-state index in [0.717, 1.165) is 65.2 Å². The third-order valence-corrected chi connectivity index (χ3v) is 4.76. The Kier molecular flexibility index (Phi) is 11.8. The van der Waals surface area contributed by atoms with E-state index in [1.54, 1.807) is 0 Å². The van der Waals surface area contributed by atoms with E-state index in [2.05, 4.69) is 33.1 Å². The Morgan fingerprint density at radius 1 is 1.14 bits per heavy atom. The van der Waals surface area contributed by atoms with Gasteiger partial charge in [0.2, 0.25) is 5.91 Å². The summed E-state index contributed by atoms with van der Waals surface area (Å²) < 4.78 is 11.1. The number of hydrogen-bond acceptors (Lipinski definition) is 4. The minimum atomic E-state index is -0.0714. The number of nitrogens with zero attached hydrogens (tertiary/aromatic N) is 1. The first-order chi connectivity index (χ1) is 14.3. The molecule has 2 rings (SSSR count). The van der Waals surface area contributed by atoms with E-state index in [-0.39, 0.29) is 12.5 Å². The molecule has 1 heterocycles. The lowest BCUT2D eigenvalue weighted by Gasteiger charge is -2.21. The number of carbonyl (C=O) groups excluding carboxylic acids is 1. The zero-order chi connectivity index (χ0) is 20.6. The maximum Gasteiger partial charge on any atom is 0.241 e. The van der Waals surface area contributed by atoms with Crippen LogP contribution in [0.2, 0.25) is 0 Å². The van der Waals surface area contributed by atoms with Crippen LogP contribution >= 0.6 is 0 Å². The summed E-state index contributed by atoms with van der Waals surface area (Å²) in [7, 11) is 0. The molecule has 7 nitrogen and oxygen atoms in total. The summed E-state index contributed by atoms with van der Waals surface area (Å²) in [4.78, 5) is 16.4. The van der Waals surface area contributed by atoms with Crippen LogP contribution in [0.4, 0.5) is 0 Å². The molecule has 0 unspecified atom stereocenters. The van der Waals surface area contributed by atoms with Crippen LogP contribution in [-0.4, -0.2) is 64.5 Å². The highest BCUT2D eigenvalue weighted by Crippen LogP contribution is 2.14. The van der Waals surface area contributed by atoms with Crippen molar-refractivity contribution in [3.63, 3.8) is 0 Å². The molecule has 1 aliphatic heterocycles. The average molecular weight is 405 g/mol. The van der Waals surface area contributed by atoms with E-state index in [1.807, 2.05) is 25.1 Å². The summed E-state index contributed by atoms with van der Waals surface area (Å²) in [6.07, 6.45) is 3.92. The smallest absolute Gasteiger partial charge is 0.241 e. The first kappa shape index (κ1) is 23.2. The lowest BCUT2D eigenvalue weighted by atomic mass is 10.0. The molecule has 1 fully saturated rings. The fourth-order valence-corrected chi connectivity index (χ4v) is 3.08. The molecule has 7 heteroatoms. The van der Waals surface area contributed by atoms with Gasteiger partial charge in [-0.1, -0.05) is 30.3 Å². The molecule has 1 amide bonds. The molecule has 3 N–H and O–H groups in total. The highest BCUT2D eigenvalue weighted by molar-refractivity contribution is 5.84. The van der Waals surface area contributed by atoms with Crippen LogP contribution in [0.5, 0.6) is 0 Å². The minimum absolute atomic E-state index is 0.0714. The Balaban J connectivity index is 1.55. The van der Waals surface area contributed by atoms with Crippen molar-refractivity contribution in [1.82, 2.24) is 16.0 Å². The number of amides is 1. The Labute approximate surface area is 174 Å². The van der Waals surface area contributed by atoms with E-state index >= 15 is 0 Å². The van der Waals surface area contributed by atoms with Gasteiger partial charge in [-0.2, -0.15) is 0 Å². The van der Waals surface area contributed by atoms with Gasteiger partial charge in [-0.15, -0.1) is 0 Å². The van der Waals surface area contributed by atoms with Gasteiger partial charge in [-0.3, -0.25) is 4.79 Å². The number of carbonyl (C=O) groups is 1. The molecule has 162 valence electrons. The second-order valence-corrected chi connectivity index (χ2v) is 7.19. The van der Waals surface area contributed by atoms with Crippen molar-refractivity contribution in [2.24, 2.45) is 10.9 Å². The van der Waals surface area contributed by atoms with Gasteiger partial charge < -0.3 is 25.4 Å². The van der Waals surface area contributed by atoms with Crippen molar-refractivity contribution in [2.45, 2.75) is 32.6 Å². The lowest BCUT2D eigenvalue weighted by molar-refractivity contribution is -0.119. The summed E-state index contributed by atoms with van der Waals surface area (Å²) in [6, 6.07) is 10.1. The van der Waals surface area contributed by atoms with Crippen molar-refractivity contribution < 1.29 is 14.3 Å². The van der Waals surface area contributed by atoms with Crippen LogP contribution in [0.3, 0.4) is 0 Å². The fraction of sp³-hybridized carbons (Fsp3) is 0.636. The van der Waals surface area contributed by atoms with Crippen LogP contribution in [-0.2, 0) is 20.7 Å². The van der Waals surface area contributed by atoms with E-state index in [0.29, 0.717) is 18.4 Å². The van der Waals surface area contributed by atoms with Crippen LogP contribution in [0.1, 0.15) is 31.7 Å². The van der Waals surface area contributed by atoms with Crippen molar-refractivity contribution in [1.29, 1.82) is 0 Å². The highest BCUT2D eigenvalue weighted by atomic mass is 16.5. The standard InChI is InChI=1S/C22H36N4O3/c1-2-23-22(25-12-6-14-29-18-20-10-15-28-16-11-20)26-17-21(27)24-13-9-19-7-4-3-5-8-19/h3-5,7-8,20H,2,6,9-18H2,1H3,(H,24,27)(H2,23,25,26). The Bertz CT molecular complexity index is 589. The van der Waals surface area contributed by atoms with Gasteiger partial charge >= 0.3 is 0 Å². The highest BCUT2D eigenvalue weighted by Gasteiger charge is 2.13. The molecule has 1 aromatic carbocycles. The number of hydrogen-bond donors (Lipinski definition) is 3. The van der Waals surface area contributed by atoms with Crippen LogP contribution < -0.4 is 16.0 Å². The van der Waals surface area contributed by atoms with E-state index in [9.17, 15) is 4.79 Å². The minimum Gasteiger partial charge on any atom is -0.381 e. The van der Waals surface area contributed by atoms with Crippen LogP contribution in [0, 0.1) is 5.92 Å². The monoisotopic (exact) mass is 404 g/mol. The Morgan fingerprint density at radius 2 is 1.93 bits per heavy atom. The first-order valence-corrected chi connectivity index (χ1v) is 10.8. The summed E-state index contributed by atoms with van der Waals surface area (Å²) in [5.74, 6) is 1.23. The number of nitrogens with one attached hydrogen (secondary N) is 3. The predicted molar refractivity (Wildman–Crippen MR) is 116 cm³/mol. The van der Waals surface area contributed by atoms with Gasteiger partial charge in [0.25, 0.3) is 0 Å². The largest absolute Gasteiger partial charge is 0.381 e. The number of rotatable bonds is 12. The summed E-state index contributed by atoms with van der Waals surface area (Å²) in [6.45, 7) is 7.52. The molecule has 1 aromatic rings. The number of benzene rings is 1. The van der Waals surface area contributed by atoms with Gasteiger partial charge in [-0.25, -0.2) is 4.99 Å². The third kappa shape index (κ3) is 10.9. The van der Waals surface area contributed by atoms with Crippen molar-refractivity contribution in [2.75, 3.05) is 52.6 Å². The zero-order valence-electron chi connectivity index (χ0n) is 17.6. The summed E-state index contributed by atoms with van der Waals surface area (Å²) in [5.41, 5.74) is 1.21. The van der Waals surface area contributed by atoms with Crippen LogP contribution in [0.15, 0.2) is 35.3 Å². The molecule has 0 bridgehead atoms. The van der Waals surface area contributed by atoms with Crippen molar-refractivity contribution in [3.05, 3.63) is 35.9 Å². The molecule has 1 aliphatic rings. The average Bonchev–Trinajstić information content (AvgIpc) is 2.76. The SMILES string of the molecule is CCNC(=NCC(=O)NCCc1ccccc1)NCCCOCC1CCOCC1. The lowest BCUT2D eigenvalue weighted by Crippen LogP contribution is -2.39. The molecule has 29 heavy (non-hydrogen) atoms. The molecule has 0 atom stereocenters. The van der Waals surface area contributed by atoms with Gasteiger partial charge in [0.05, 0.1) is 0 Å².